The number of carbonyl (C=O) groups is 2. The van der Waals surface area contributed by atoms with Crippen LogP contribution in [0.15, 0.2) is 23.1 Å². The molecule has 0 spiro atoms. The van der Waals surface area contributed by atoms with Gasteiger partial charge in [-0.25, -0.2) is 8.42 Å². The van der Waals surface area contributed by atoms with Gasteiger partial charge in [-0.3, -0.25) is 20.3 Å². The van der Waals surface area contributed by atoms with Gasteiger partial charge in [-0.2, -0.15) is 13.2 Å². The van der Waals surface area contributed by atoms with Crippen LogP contribution in [-0.4, -0.2) is 50.1 Å². The van der Waals surface area contributed by atoms with Crippen LogP contribution >= 0.6 is 0 Å². The second kappa shape index (κ2) is 6.59. The number of nitrogens with zero attached hydrogens (tertiary/aromatic N) is 1. The lowest BCUT2D eigenvalue weighted by Gasteiger charge is -2.26. The molecule has 0 aliphatic carbocycles. The standard InChI is InChI=1S/C14H15F3N4O4S/c1-26(24,25)7-2-3-8-9(4-7)10(5-11(22)20-13(18)19)21(12(8)23)6-14(15,16)17/h2-4,10H,5-6H2,1H3,(H4,18,19,20,22)/t10-/m0/s1. The molecule has 0 aromatic heterocycles. The summed E-state index contributed by atoms with van der Waals surface area (Å²) >= 11 is 0. The zero-order valence-electron chi connectivity index (χ0n) is 13.4. The van der Waals surface area contributed by atoms with E-state index < -0.39 is 52.8 Å². The molecule has 1 heterocycles. The van der Waals surface area contributed by atoms with Gasteiger partial charge in [0.1, 0.15) is 6.54 Å². The zero-order chi connectivity index (χ0) is 19.9. The van der Waals surface area contributed by atoms with Gasteiger partial charge in [0.05, 0.1) is 17.4 Å². The first-order valence-electron chi connectivity index (χ1n) is 7.15. The van der Waals surface area contributed by atoms with Gasteiger partial charge in [-0.1, -0.05) is 0 Å². The van der Waals surface area contributed by atoms with Crippen molar-refractivity contribution in [1.29, 1.82) is 5.41 Å². The number of halogens is 3. The molecule has 1 aliphatic rings. The van der Waals surface area contributed by atoms with Gasteiger partial charge in [0, 0.05) is 11.8 Å². The molecule has 4 N–H and O–H groups in total. The molecule has 142 valence electrons. The maximum absolute atomic E-state index is 12.8. The molecule has 0 saturated carbocycles. The summed E-state index contributed by atoms with van der Waals surface area (Å²) in [6, 6.07) is 2.00. The van der Waals surface area contributed by atoms with Crippen LogP contribution in [0.5, 0.6) is 0 Å². The Morgan fingerprint density at radius 1 is 1.38 bits per heavy atom. The van der Waals surface area contributed by atoms with E-state index in [1.807, 2.05) is 5.32 Å². The Morgan fingerprint density at radius 3 is 2.50 bits per heavy atom. The molecule has 2 rings (SSSR count). The third-order valence-electron chi connectivity index (χ3n) is 3.68. The number of fused-ring (bicyclic) bond motifs is 1. The summed E-state index contributed by atoms with van der Waals surface area (Å²) < 4.78 is 61.9. The van der Waals surface area contributed by atoms with Crippen molar-refractivity contribution in [2.45, 2.75) is 23.5 Å². The van der Waals surface area contributed by atoms with E-state index in [1.165, 1.54) is 0 Å². The molecule has 0 saturated heterocycles. The Kier molecular flexibility index (Phi) is 4.99. The van der Waals surface area contributed by atoms with Crippen molar-refractivity contribution >= 4 is 27.6 Å². The molecule has 1 aromatic rings. The maximum atomic E-state index is 12.8. The fraction of sp³-hybridized carbons (Fsp3) is 0.357. The number of sulfone groups is 1. The molecule has 0 unspecified atom stereocenters. The van der Waals surface area contributed by atoms with Crippen LogP contribution in [0.3, 0.4) is 0 Å². The predicted molar refractivity (Wildman–Crippen MR) is 84.1 cm³/mol. The molecule has 26 heavy (non-hydrogen) atoms. The molecule has 1 aliphatic heterocycles. The molecule has 0 fully saturated rings. The first kappa shape index (κ1) is 19.7. The second-order valence-electron chi connectivity index (χ2n) is 5.75. The monoisotopic (exact) mass is 392 g/mol. The quantitative estimate of drug-likeness (QED) is 0.508. The Balaban J connectivity index is 2.49. The van der Waals surface area contributed by atoms with Crippen molar-refractivity contribution < 1.29 is 31.2 Å². The van der Waals surface area contributed by atoms with Crippen molar-refractivity contribution in [2.75, 3.05) is 12.8 Å². The highest BCUT2D eigenvalue weighted by Crippen LogP contribution is 2.39. The molecule has 1 atom stereocenters. The lowest BCUT2D eigenvalue weighted by molar-refractivity contribution is -0.145. The van der Waals surface area contributed by atoms with Crippen LogP contribution in [0.25, 0.3) is 0 Å². The Labute approximate surface area is 146 Å². The first-order chi connectivity index (χ1) is 11.8. The van der Waals surface area contributed by atoms with E-state index in [0.29, 0.717) is 4.90 Å². The molecule has 0 radical (unpaired) electrons. The minimum atomic E-state index is -4.72. The minimum absolute atomic E-state index is 0.000812. The molecular formula is C14H15F3N4O4S. The molecule has 1 aromatic carbocycles. The molecule has 12 heteroatoms. The molecule has 0 bridgehead atoms. The van der Waals surface area contributed by atoms with E-state index in [2.05, 4.69) is 0 Å². The fourth-order valence-electron chi connectivity index (χ4n) is 2.68. The zero-order valence-corrected chi connectivity index (χ0v) is 14.2. The average Bonchev–Trinajstić information content (AvgIpc) is 2.69. The summed E-state index contributed by atoms with van der Waals surface area (Å²) in [7, 11) is -3.67. The van der Waals surface area contributed by atoms with Gasteiger partial charge in [0.15, 0.2) is 15.8 Å². The van der Waals surface area contributed by atoms with E-state index in [4.69, 9.17) is 11.1 Å². The second-order valence-corrected chi connectivity index (χ2v) is 7.77. The number of carbonyl (C=O) groups excluding carboxylic acids is 2. The number of nitrogens with two attached hydrogens (primary N) is 1. The number of benzene rings is 1. The van der Waals surface area contributed by atoms with Gasteiger partial charge < -0.3 is 10.6 Å². The summed E-state index contributed by atoms with van der Waals surface area (Å²) in [6.45, 7) is -1.60. The normalized spacial score (nSPS) is 17.2. The van der Waals surface area contributed by atoms with Crippen LogP contribution in [0, 0.1) is 5.41 Å². The first-order valence-corrected chi connectivity index (χ1v) is 9.04. The van der Waals surface area contributed by atoms with Crippen molar-refractivity contribution in [3.8, 4) is 0 Å². The smallest absolute Gasteiger partial charge is 0.370 e. The Morgan fingerprint density at radius 2 is 2.00 bits per heavy atom. The highest BCUT2D eigenvalue weighted by molar-refractivity contribution is 7.90. The largest absolute Gasteiger partial charge is 0.406 e. The van der Waals surface area contributed by atoms with Crippen LogP contribution < -0.4 is 11.1 Å². The van der Waals surface area contributed by atoms with Crippen molar-refractivity contribution in [2.24, 2.45) is 5.73 Å². The molecule has 8 nitrogen and oxygen atoms in total. The van der Waals surface area contributed by atoms with Crippen LogP contribution in [0.2, 0.25) is 0 Å². The van der Waals surface area contributed by atoms with Crippen molar-refractivity contribution in [3.05, 3.63) is 29.3 Å². The third kappa shape index (κ3) is 4.31. The van der Waals surface area contributed by atoms with Gasteiger partial charge in [-0.05, 0) is 23.8 Å². The van der Waals surface area contributed by atoms with Gasteiger partial charge >= 0.3 is 6.18 Å². The summed E-state index contributed by atoms with van der Waals surface area (Å²) in [6.07, 6.45) is -4.41. The number of hydrogen-bond acceptors (Lipinski definition) is 5. The lowest BCUT2D eigenvalue weighted by Crippen LogP contribution is -2.41. The number of nitrogens with one attached hydrogen (secondary N) is 2. The van der Waals surface area contributed by atoms with Crippen molar-refractivity contribution in [1.82, 2.24) is 10.2 Å². The highest BCUT2D eigenvalue weighted by Gasteiger charge is 2.44. The predicted octanol–water partition coefficient (Wildman–Crippen LogP) is 0.549. The van der Waals surface area contributed by atoms with Crippen LogP contribution in [0.4, 0.5) is 13.2 Å². The summed E-state index contributed by atoms with van der Waals surface area (Å²) in [5.41, 5.74) is 4.91. The number of rotatable bonds is 4. The summed E-state index contributed by atoms with van der Waals surface area (Å²) in [5, 5.41) is 8.93. The Hall–Kier alpha value is -2.63. The van der Waals surface area contributed by atoms with Gasteiger partial charge in [0.2, 0.25) is 5.91 Å². The number of alkyl halides is 3. The maximum Gasteiger partial charge on any atom is 0.406 e. The average molecular weight is 392 g/mol. The summed E-state index contributed by atoms with van der Waals surface area (Å²) in [4.78, 5) is 24.4. The van der Waals surface area contributed by atoms with Crippen LogP contribution in [-0.2, 0) is 14.6 Å². The van der Waals surface area contributed by atoms with E-state index in [0.717, 1.165) is 24.5 Å². The Bertz CT molecular complexity index is 883. The van der Waals surface area contributed by atoms with E-state index in [9.17, 15) is 31.2 Å². The lowest BCUT2D eigenvalue weighted by atomic mass is 10.0. The van der Waals surface area contributed by atoms with Gasteiger partial charge in [-0.15, -0.1) is 0 Å². The minimum Gasteiger partial charge on any atom is -0.370 e. The summed E-state index contributed by atoms with van der Waals surface area (Å²) in [5.74, 6) is -2.54. The van der Waals surface area contributed by atoms with E-state index in [1.54, 1.807) is 0 Å². The van der Waals surface area contributed by atoms with Crippen LogP contribution in [0.1, 0.15) is 28.4 Å². The third-order valence-corrected chi connectivity index (χ3v) is 4.79. The SMILES string of the molecule is CS(=O)(=O)c1ccc2c(c1)[C@H](CC(=O)NC(=N)N)N(CC(F)(F)F)C2=O. The number of amides is 2. The molecule has 2 amide bonds. The van der Waals surface area contributed by atoms with Gasteiger partial charge in [0.25, 0.3) is 5.91 Å². The topological polar surface area (TPSA) is 133 Å². The molecular weight excluding hydrogens is 377 g/mol. The van der Waals surface area contributed by atoms with E-state index >= 15 is 0 Å². The van der Waals surface area contributed by atoms with E-state index in [-0.39, 0.29) is 16.0 Å². The fourth-order valence-corrected chi connectivity index (χ4v) is 3.33. The number of guanidine groups is 1. The highest BCUT2D eigenvalue weighted by atomic mass is 32.2. The number of hydrogen-bond donors (Lipinski definition) is 3. The van der Waals surface area contributed by atoms with Crippen molar-refractivity contribution in [3.63, 3.8) is 0 Å².